The van der Waals surface area contributed by atoms with Crippen LogP contribution in [0.3, 0.4) is 0 Å². The number of carbonyl (C=O) groups is 2. The lowest BCUT2D eigenvalue weighted by Gasteiger charge is -2.16. The number of benzene rings is 2. The quantitative estimate of drug-likeness (QED) is 0.780. The van der Waals surface area contributed by atoms with Gasteiger partial charge in [-0.2, -0.15) is 0 Å². The Labute approximate surface area is 170 Å². The van der Waals surface area contributed by atoms with Crippen LogP contribution < -0.4 is 20.3 Å². The first-order chi connectivity index (χ1) is 13.2. The van der Waals surface area contributed by atoms with Crippen LogP contribution in [0.25, 0.3) is 0 Å². The van der Waals surface area contributed by atoms with Gasteiger partial charge in [0.25, 0.3) is 5.91 Å². The van der Waals surface area contributed by atoms with Crippen LogP contribution in [0, 0.1) is 0 Å². The molecule has 0 bridgehead atoms. The molecule has 2 aromatic rings. The van der Waals surface area contributed by atoms with Crippen molar-refractivity contribution in [1.29, 1.82) is 0 Å². The maximum atomic E-state index is 12.1. The number of nitrogens with zero attached hydrogens (tertiary/aromatic N) is 1. The standard InChI is InChI=1S/C21H23N3O3.ClH/c25-20(23-11-15-6-7-16-12-22-13-17(16)9-15)14-27-19-4-1-3-18(10-19)24-8-2-5-21(24)26;/h1,3-4,6-7,9-10,22H,2,5,8,11-14H2,(H,23,25);1H. The number of anilines is 1. The molecule has 0 unspecified atom stereocenters. The van der Waals surface area contributed by atoms with Crippen LogP contribution in [0.15, 0.2) is 42.5 Å². The average molecular weight is 402 g/mol. The molecule has 0 atom stereocenters. The highest BCUT2D eigenvalue weighted by atomic mass is 35.5. The molecule has 2 aromatic carbocycles. The molecule has 0 saturated carbocycles. The second-order valence-corrected chi connectivity index (χ2v) is 6.92. The van der Waals surface area contributed by atoms with E-state index in [4.69, 9.17) is 4.74 Å². The first-order valence-corrected chi connectivity index (χ1v) is 9.30. The normalized spacial score (nSPS) is 15.1. The number of nitrogens with one attached hydrogen (secondary N) is 2. The summed E-state index contributed by atoms with van der Waals surface area (Å²) in [6, 6.07) is 13.6. The van der Waals surface area contributed by atoms with E-state index in [0.717, 1.165) is 37.3 Å². The van der Waals surface area contributed by atoms with Gasteiger partial charge < -0.3 is 20.3 Å². The van der Waals surface area contributed by atoms with Gasteiger partial charge in [0, 0.05) is 44.4 Å². The molecule has 2 heterocycles. The van der Waals surface area contributed by atoms with Crippen molar-refractivity contribution >= 4 is 29.9 Å². The van der Waals surface area contributed by atoms with E-state index in [9.17, 15) is 9.59 Å². The second-order valence-electron chi connectivity index (χ2n) is 6.92. The fourth-order valence-electron chi connectivity index (χ4n) is 3.52. The molecule has 0 radical (unpaired) electrons. The van der Waals surface area contributed by atoms with E-state index < -0.39 is 0 Å². The maximum absolute atomic E-state index is 12.1. The molecule has 6 nitrogen and oxygen atoms in total. The molecular formula is C21H24ClN3O3. The Kier molecular flexibility index (Phi) is 6.54. The largest absolute Gasteiger partial charge is 0.484 e. The van der Waals surface area contributed by atoms with E-state index in [0.29, 0.717) is 18.7 Å². The smallest absolute Gasteiger partial charge is 0.258 e. The first-order valence-electron chi connectivity index (χ1n) is 9.30. The van der Waals surface area contributed by atoms with Gasteiger partial charge in [-0.25, -0.2) is 0 Å². The molecule has 148 valence electrons. The molecule has 7 heteroatoms. The third-order valence-corrected chi connectivity index (χ3v) is 4.96. The van der Waals surface area contributed by atoms with Gasteiger partial charge in [-0.05, 0) is 35.2 Å². The van der Waals surface area contributed by atoms with E-state index in [-0.39, 0.29) is 30.8 Å². The Balaban J connectivity index is 0.00000225. The fourth-order valence-corrected chi connectivity index (χ4v) is 3.52. The monoisotopic (exact) mass is 401 g/mol. The maximum Gasteiger partial charge on any atom is 0.258 e. The lowest BCUT2D eigenvalue weighted by atomic mass is 10.1. The molecule has 28 heavy (non-hydrogen) atoms. The van der Waals surface area contributed by atoms with Crippen molar-refractivity contribution < 1.29 is 14.3 Å². The summed E-state index contributed by atoms with van der Waals surface area (Å²) >= 11 is 0. The summed E-state index contributed by atoms with van der Waals surface area (Å²) < 4.78 is 5.61. The van der Waals surface area contributed by atoms with E-state index in [1.165, 1.54) is 11.1 Å². The lowest BCUT2D eigenvalue weighted by Crippen LogP contribution is -2.28. The number of ether oxygens (including phenoxy) is 1. The Morgan fingerprint density at radius 1 is 1.14 bits per heavy atom. The average Bonchev–Trinajstić information content (AvgIpc) is 3.33. The highest BCUT2D eigenvalue weighted by molar-refractivity contribution is 5.95. The Bertz CT molecular complexity index is 872. The van der Waals surface area contributed by atoms with Crippen molar-refractivity contribution in [3.05, 3.63) is 59.2 Å². The van der Waals surface area contributed by atoms with Crippen molar-refractivity contribution in [2.45, 2.75) is 32.5 Å². The molecule has 0 aliphatic carbocycles. The van der Waals surface area contributed by atoms with Gasteiger partial charge in [0.2, 0.25) is 5.91 Å². The van der Waals surface area contributed by atoms with Gasteiger partial charge in [0.05, 0.1) is 0 Å². The minimum absolute atomic E-state index is 0. The predicted octanol–water partition coefficient (Wildman–Crippen LogP) is 2.53. The molecular weight excluding hydrogens is 378 g/mol. The van der Waals surface area contributed by atoms with Gasteiger partial charge in [-0.3, -0.25) is 9.59 Å². The van der Waals surface area contributed by atoms with Crippen molar-refractivity contribution in [3.63, 3.8) is 0 Å². The number of carbonyl (C=O) groups excluding carboxylic acids is 2. The first kappa shape index (κ1) is 20.2. The molecule has 4 rings (SSSR count). The third-order valence-electron chi connectivity index (χ3n) is 4.96. The molecule has 2 N–H and O–H groups in total. The van der Waals surface area contributed by atoms with E-state index in [1.807, 2.05) is 24.3 Å². The van der Waals surface area contributed by atoms with Crippen molar-refractivity contribution in [2.24, 2.45) is 0 Å². The van der Waals surface area contributed by atoms with Crippen molar-refractivity contribution in [1.82, 2.24) is 10.6 Å². The van der Waals surface area contributed by atoms with Gasteiger partial charge in [-0.15, -0.1) is 12.4 Å². The molecule has 1 saturated heterocycles. The Morgan fingerprint density at radius 2 is 2.00 bits per heavy atom. The van der Waals surface area contributed by atoms with Crippen molar-refractivity contribution in [3.8, 4) is 5.75 Å². The summed E-state index contributed by atoms with van der Waals surface area (Å²) in [4.78, 5) is 25.7. The lowest BCUT2D eigenvalue weighted by molar-refractivity contribution is -0.123. The summed E-state index contributed by atoms with van der Waals surface area (Å²) in [5.41, 5.74) is 4.53. The Hall–Kier alpha value is -2.57. The summed E-state index contributed by atoms with van der Waals surface area (Å²) in [7, 11) is 0. The number of hydrogen-bond donors (Lipinski definition) is 2. The van der Waals surface area contributed by atoms with E-state index in [1.54, 1.807) is 11.0 Å². The van der Waals surface area contributed by atoms with Crippen LogP contribution >= 0.6 is 12.4 Å². The van der Waals surface area contributed by atoms with Crippen LogP contribution in [0.5, 0.6) is 5.75 Å². The van der Waals surface area contributed by atoms with E-state index >= 15 is 0 Å². The van der Waals surface area contributed by atoms with Gasteiger partial charge in [0.15, 0.2) is 6.61 Å². The van der Waals surface area contributed by atoms with E-state index in [2.05, 4.69) is 22.8 Å². The summed E-state index contributed by atoms with van der Waals surface area (Å²) in [5, 5.41) is 6.20. The third kappa shape index (κ3) is 4.64. The van der Waals surface area contributed by atoms with Crippen LogP contribution in [-0.4, -0.2) is 25.0 Å². The highest BCUT2D eigenvalue weighted by Gasteiger charge is 2.21. The predicted molar refractivity (Wildman–Crippen MR) is 110 cm³/mol. The summed E-state index contributed by atoms with van der Waals surface area (Å²) in [6.07, 6.45) is 1.47. The number of halogens is 1. The van der Waals surface area contributed by atoms with Crippen LogP contribution in [0.4, 0.5) is 5.69 Å². The number of hydrogen-bond acceptors (Lipinski definition) is 4. The van der Waals surface area contributed by atoms with Gasteiger partial charge in [0.1, 0.15) is 5.75 Å². The molecule has 2 aliphatic rings. The number of fused-ring (bicyclic) bond motifs is 1. The molecule has 0 aromatic heterocycles. The zero-order valence-corrected chi connectivity index (χ0v) is 16.4. The highest BCUT2D eigenvalue weighted by Crippen LogP contribution is 2.25. The topological polar surface area (TPSA) is 70.7 Å². The minimum Gasteiger partial charge on any atom is -0.484 e. The minimum atomic E-state index is -0.170. The SMILES string of the molecule is Cl.O=C(COc1cccc(N2CCCC2=O)c1)NCc1ccc2c(c1)CNC2. The Morgan fingerprint density at radius 3 is 2.82 bits per heavy atom. The van der Waals surface area contributed by atoms with Gasteiger partial charge >= 0.3 is 0 Å². The molecule has 2 amide bonds. The molecule has 2 aliphatic heterocycles. The van der Waals surface area contributed by atoms with Gasteiger partial charge in [-0.1, -0.05) is 24.3 Å². The molecule has 0 spiro atoms. The number of rotatable bonds is 6. The van der Waals surface area contributed by atoms with Crippen LogP contribution in [0.1, 0.15) is 29.5 Å². The van der Waals surface area contributed by atoms with Crippen molar-refractivity contribution in [2.75, 3.05) is 18.1 Å². The summed E-state index contributed by atoms with van der Waals surface area (Å²) in [6.45, 7) is 2.97. The molecule has 1 fully saturated rings. The zero-order chi connectivity index (χ0) is 18.6. The summed E-state index contributed by atoms with van der Waals surface area (Å²) in [5.74, 6) is 0.552. The fraction of sp³-hybridized carbons (Fsp3) is 0.333. The van der Waals surface area contributed by atoms with Crippen LogP contribution in [0.2, 0.25) is 0 Å². The zero-order valence-electron chi connectivity index (χ0n) is 15.6. The second kappa shape index (κ2) is 9.08. The number of amides is 2. The van der Waals surface area contributed by atoms with Crippen LogP contribution in [-0.2, 0) is 29.2 Å².